The number of piperidine rings is 2. The molecule has 2 nitrogen and oxygen atoms in total. The van der Waals surface area contributed by atoms with Crippen LogP contribution in [0.5, 0.6) is 0 Å². The summed E-state index contributed by atoms with van der Waals surface area (Å²) in [6, 6.07) is -0.362. The van der Waals surface area contributed by atoms with Crippen LogP contribution in [0.15, 0.2) is 0 Å². The SMILES string of the molecule is CC1(F)CC2CC(F)CC(I)(C1)N2O. The van der Waals surface area contributed by atoms with Gasteiger partial charge >= 0.3 is 0 Å². The van der Waals surface area contributed by atoms with E-state index >= 15 is 0 Å². The van der Waals surface area contributed by atoms with E-state index in [1.807, 2.05) is 22.6 Å². The first-order valence-corrected chi connectivity index (χ1v) is 5.90. The summed E-state index contributed by atoms with van der Waals surface area (Å²) >= 11 is 1.98. The lowest BCUT2D eigenvalue weighted by atomic mass is 9.78. The van der Waals surface area contributed by atoms with E-state index in [9.17, 15) is 14.0 Å². The molecule has 2 fully saturated rings. The first-order chi connectivity index (χ1) is 6.32. The first kappa shape index (κ1) is 11.0. The van der Waals surface area contributed by atoms with Crippen LogP contribution in [0.25, 0.3) is 0 Å². The second kappa shape index (κ2) is 3.25. The van der Waals surface area contributed by atoms with E-state index in [-0.39, 0.29) is 31.7 Å². The molecule has 4 unspecified atom stereocenters. The van der Waals surface area contributed by atoms with Crippen molar-refractivity contribution < 1.29 is 14.0 Å². The van der Waals surface area contributed by atoms with Crippen LogP contribution in [0.2, 0.25) is 0 Å². The molecule has 0 spiro atoms. The minimum atomic E-state index is -1.27. The Hall–Kier alpha value is 0.510. The van der Waals surface area contributed by atoms with Crippen LogP contribution < -0.4 is 0 Å². The normalized spacial score (nSPS) is 54.6. The molecule has 2 rings (SSSR count). The summed E-state index contributed by atoms with van der Waals surface area (Å²) in [7, 11) is 0. The van der Waals surface area contributed by atoms with Crippen LogP contribution in [-0.4, -0.2) is 31.7 Å². The van der Waals surface area contributed by atoms with Crippen LogP contribution in [0.4, 0.5) is 8.78 Å². The Morgan fingerprint density at radius 2 is 2.14 bits per heavy atom. The van der Waals surface area contributed by atoms with E-state index in [2.05, 4.69) is 0 Å². The molecule has 0 aliphatic carbocycles. The number of nitrogens with zero attached hydrogens (tertiary/aromatic N) is 1. The quantitative estimate of drug-likeness (QED) is 0.422. The maximum atomic E-state index is 13.9. The summed E-state index contributed by atoms with van der Waals surface area (Å²) in [6.07, 6.45) is 0.000122. The minimum absolute atomic E-state index is 0.202. The van der Waals surface area contributed by atoms with Crippen molar-refractivity contribution in [3.05, 3.63) is 0 Å². The maximum absolute atomic E-state index is 13.9. The molecule has 82 valence electrons. The molecular formula is C9H14F2INO. The van der Waals surface area contributed by atoms with Gasteiger partial charge in [0.2, 0.25) is 0 Å². The highest BCUT2D eigenvalue weighted by atomic mass is 127. The molecule has 0 aromatic heterocycles. The summed E-state index contributed by atoms with van der Waals surface area (Å²) in [4.78, 5) is 0. The van der Waals surface area contributed by atoms with Crippen molar-refractivity contribution in [3.63, 3.8) is 0 Å². The number of hydrogen-bond donors (Lipinski definition) is 1. The van der Waals surface area contributed by atoms with E-state index in [0.717, 1.165) is 0 Å². The third-order valence-electron chi connectivity index (χ3n) is 3.12. The fourth-order valence-electron chi connectivity index (χ4n) is 2.69. The van der Waals surface area contributed by atoms with Crippen molar-refractivity contribution in [2.45, 2.75) is 54.0 Å². The van der Waals surface area contributed by atoms with Gasteiger partial charge in [-0.05, 0) is 19.8 Å². The van der Waals surface area contributed by atoms with Crippen LogP contribution in [0.1, 0.15) is 32.6 Å². The molecule has 0 aromatic rings. The number of halogens is 3. The lowest BCUT2D eigenvalue weighted by molar-refractivity contribution is -0.231. The molecule has 5 heteroatoms. The van der Waals surface area contributed by atoms with Crippen LogP contribution >= 0.6 is 22.6 Å². The molecule has 14 heavy (non-hydrogen) atoms. The van der Waals surface area contributed by atoms with Gasteiger partial charge in [-0.2, -0.15) is 5.06 Å². The summed E-state index contributed by atoms with van der Waals surface area (Å²) in [5, 5.41) is 11.0. The Morgan fingerprint density at radius 1 is 1.50 bits per heavy atom. The molecule has 2 bridgehead atoms. The van der Waals surface area contributed by atoms with Crippen LogP contribution in [0.3, 0.4) is 0 Å². The minimum Gasteiger partial charge on any atom is -0.312 e. The Balaban J connectivity index is 2.26. The van der Waals surface area contributed by atoms with Crippen molar-refractivity contribution in [2.75, 3.05) is 0 Å². The van der Waals surface area contributed by atoms with Gasteiger partial charge < -0.3 is 5.21 Å². The Morgan fingerprint density at radius 3 is 2.71 bits per heavy atom. The second-order valence-electron chi connectivity index (χ2n) is 4.75. The van der Waals surface area contributed by atoms with Crippen LogP contribution in [0, 0.1) is 0 Å². The lowest BCUT2D eigenvalue weighted by Gasteiger charge is -2.52. The number of alkyl halides is 3. The largest absolute Gasteiger partial charge is 0.312 e. The molecule has 2 aliphatic rings. The maximum Gasteiger partial charge on any atom is 0.112 e. The fourth-order valence-corrected chi connectivity index (χ4v) is 4.36. The second-order valence-corrected chi connectivity index (χ2v) is 6.76. The zero-order chi connectivity index (χ0) is 10.6. The first-order valence-electron chi connectivity index (χ1n) is 4.83. The predicted molar refractivity (Wildman–Crippen MR) is 57.0 cm³/mol. The summed E-state index contributed by atoms with van der Waals surface area (Å²) < 4.78 is 26.4. The zero-order valence-corrected chi connectivity index (χ0v) is 10.2. The van der Waals surface area contributed by atoms with E-state index in [1.54, 1.807) is 6.92 Å². The van der Waals surface area contributed by atoms with Gasteiger partial charge in [-0.1, -0.05) is 22.6 Å². The van der Waals surface area contributed by atoms with Gasteiger partial charge in [0, 0.05) is 18.9 Å². The predicted octanol–water partition coefficient (Wildman–Crippen LogP) is 2.83. The highest BCUT2D eigenvalue weighted by Gasteiger charge is 2.54. The van der Waals surface area contributed by atoms with Crippen molar-refractivity contribution >= 4 is 22.6 Å². The molecular weight excluding hydrogens is 303 g/mol. The van der Waals surface area contributed by atoms with Gasteiger partial charge in [0.25, 0.3) is 0 Å². The van der Waals surface area contributed by atoms with E-state index in [1.165, 1.54) is 5.06 Å². The molecule has 0 radical (unpaired) electrons. The van der Waals surface area contributed by atoms with Gasteiger partial charge in [0.1, 0.15) is 15.4 Å². The topological polar surface area (TPSA) is 23.5 Å². The smallest absolute Gasteiger partial charge is 0.112 e. The Bertz CT molecular complexity index is 251. The van der Waals surface area contributed by atoms with Gasteiger partial charge in [0.05, 0.1) is 0 Å². The molecule has 0 saturated carbocycles. The summed E-state index contributed by atoms with van der Waals surface area (Å²) in [6.45, 7) is 1.54. The van der Waals surface area contributed by atoms with Crippen LogP contribution in [-0.2, 0) is 0 Å². The highest BCUT2D eigenvalue weighted by Crippen LogP contribution is 2.50. The lowest BCUT2D eigenvalue weighted by Crippen LogP contribution is -2.61. The Labute approximate surface area is 95.7 Å². The van der Waals surface area contributed by atoms with Crippen molar-refractivity contribution in [3.8, 4) is 0 Å². The summed E-state index contributed by atoms with van der Waals surface area (Å²) in [5.41, 5.74) is -1.27. The average Bonchev–Trinajstić information content (AvgIpc) is 1.94. The third-order valence-corrected chi connectivity index (χ3v) is 4.44. The standard InChI is InChI=1S/C9H14F2INO/c1-8(11)4-7-2-6(10)3-9(12,5-8)13(7)14/h6-7,14H,2-5H2,1H3. The molecule has 0 amide bonds. The van der Waals surface area contributed by atoms with E-state index < -0.39 is 15.4 Å². The Kier molecular flexibility index (Phi) is 2.55. The summed E-state index contributed by atoms with van der Waals surface area (Å²) in [5.74, 6) is 0. The molecule has 4 atom stereocenters. The highest BCUT2D eigenvalue weighted by molar-refractivity contribution is 14.1. The van der Waals surface area contributed by atoms with Gasteiger partial charge in [-0.25, -0.2) is 8.78 Å². The molecule has 2 aliphatic heterocycles. The van der Waals surface area contributed by atoms with Crippen molar-refractivity contribution in [1.29, 1.82) is 0 Å². The monoisotopic (exact) mass is 317 g/mol. The van der Waals surface area contributed by atoms with Gasteiger partial charge in [-0.3, -0.25) is 0 Å². The van der Waals surface area contributed by atoms with Gasteiger partial charge in [0.15, 0.2) is 0 Å². The van der Waals surface area contributed by atoms with E-state index in [0.29, 0.717) is 0 Å². The number of fused-ring (bicyclic) bond motifs is 2. The zero-order valence-electron chi connectivity index (χ0n) is 8.01. The molecule has 0 aromatic carbocycles. The van der Waals surface area contributed by atoms with Crippen molar-refractivity contribution in [1.82, 2.24) is 5.06 Å². The molecule has 1 N–H and O–H groups in total. The average molecular weight is 317 g/mol. The fraction of sp³-hybridized carbons (Fsp3) is 1.00. The van der Waals surface area contributed by atoms with Gasteiger partial charge in [-0.15, -0.1) is 0 Å². The van der Waals surface area contributed by atoms with Crippen molar-refractivity contribution in [2.24, 2.45) is 0 Å². The number of hydrogen-bond acceptors (Lipinski definition) is 2. The van der Waals surface area contributed by atoms with E-state index in [4.69, 9.17) is 0 Å². The third kappa shape index (κ3) is 1.78. The molecule has 2 heterocycles. The molecule has 2 saturated heterocycles. The number of rotatable bonds is 0. The number of hydroxylamine groups is 2.